The number of hydrogen-bond acceptors (Lipinski definition) is 1. The lowest BCUT2D eigenvalue weighted by Gasteiger charge is -2.37. The highest BCUT2D eigenvalue weighted by Gasteiger charge is 2.40. The first-order valence-electron chi connectivity index (χ1n) is 7.85. The van der Waals surface area contributed by atoms with Crippen molar-refractivity contribution in [2.24, 2.45) is 0 Å². The number of halogens is 6. The van der Waals surface area contributed by atoms with Crippen LogP contribution in [0.15, 0.2) is 24.3 Å². The molecule has 25 heavy (non-hydrogen) atoms. The Morgan fingerprint density at radius 2 is 1.36 bits per heavy atom. The number of nitrogens with zero attached hydrogens (tertiary/aromatic N) is 1. The minimum atomic E-state index is -2.11. The maximum atomic E-state index is 14.3. The highest BCUT2D eigenvalue weighted by atomic mass is 79.9. The Kier molecular flexibility index (Phi) is 4.90. The van der Waals surface area contributed by atoms with Crippen LogP contribution >= 0.6 is 17.0 Å². The molecule has 1 fully saturated rings. The normalized spacial score (nSPS) is 22.3. The highest BCUT2D eigenvalue weighted by molar-refractivity contribution is 8.93. The average Bonchev–Trinajstić information content (AvgIpc) is 3.07. The number of hydrogen-bond donors (Lipinski definition) is 0. The molecule has 0 spiro atoms. The second-order valence-corrected chi connectivity index (χ2v) is 6.32. The van der Waals surface area contributed by atoms with Gasteiger partial charge in [-0.05, 0) is 30.5 Å². The van der Waals surface area contributed by atoms with Gasteiger partial charge in [0.15, 0.2) is 23.3 Å². The molecule has 0 unspecified atom stereocenters. The predicted molar refractivity (Wildman–Crippen MR) is 88.4 cm³/mol. The van der Waals surface area contributed by atoms with Crippen molar-refractivity contribution in [2.75, 3.05) is 13.1 Å². The summed E-state index contributed by atoms with van der Waals surface area (Å²) in [5, 5.41) is 0. The van der Waals surface area contributed by atoms with Crippen molar-refractivity contribution < 1.29 is 22.0 Å². The Labute approximate surface area is 152 Å². The van der Waals surface area contributed by atoms with E-state index in [1.165, 1.54) is 0 Å². The standard InChI is InChI=1S/C18H14F5N.BrH/c19-14-13(15(20)17(22)18(23)16(14)21)11-8-24-7-3-6-12(24)10-5-2-1-4-9(10)11;/h1-2,4-5,11-12H,3,6-8H2;1H/t11-,12+;/m1./s1. The van der Waals surface area contributed by atoms with Crippen LogP contribution in [0.4, 0.5) is 22.0 Å². The first-order valence-corrected chi connectivity index (χ1v) is 7.85. The summed E-state index contributed by atoms with van der Waals surface area (Å²) in [6, 6.07) is 7.29. The lowest BCUT2D eigenvalue weighted by atomic mass is 9.81. The Morgan fingerprint density at radius 3 is 2.00 bits per heavy atom. The van der Waals surface area contributed by atoms with E-state index >= 15 is 0 Å². The number of rotatable bonds is 1. The van der Waals surface area contributed by atoms with Crippen LogP contribution in [0.3, 0.4) is 0 Å². The van der Waals surface area contributed by atoms with Gasteiger partial charge in [0.25, 0.3) is 0 Å². The van der Waals surface area contributed by atoms with E-state index in [1.54, 1.807) is 12.1 Å². The van der Waals surface area contributed by atoms with E-state index in [4.69, 9.17) is 0 Å². The van der Waals surface area contributed by atoms with Gasteiger partial charge in [-0.2, -0.15) is 0 Å². The molecule has 2 aliphatic rings. The fourth-order valence-corrected chi connectivity index (χ4v) is 4.04. The zero-order valence-electron chi connectivity index (χ0n) is 13.0. The molecule has 1 nitrogen and oxygen atoms in total. The summed E-state index contributed by atoms with van der Waals surface area (Å²) in [7, 11) is 0. The zero-order valence-corrected chi connectivity index (χ0v) is 14.8. The largest absolute Gasteiger partial charge is 0.295 e. The maximum absolute atomic E-state index is 14.3. The topological polar surface area (TPSA) is 3.24 Å². The van der Waals surface area contributed by atoms with E-state index in [0.717, 1.165) is 24.9 Å². The molecule has 0 aliphatic carbocycles. The summed E-state index contributed by atoms with van der Waals surface area (Å²) in [6.07, 6.45) is 1.88. The van der Waals surface area contributed by atoms with Gasteiger partial charge < -0.3 is 0 Å². The maximum Gasteiger partial charge on any atom is 0.200 e. The molecule has 0 N–H and O–H groups in total. The quantitative estimate of drug-likeness (QED) is 0.347. The molecule has 2 aromatic rings. The first-order chi connectivity index (χ1) is 11.5. The monoisotopic (exact) mass is 419 g/mol. The van der Waals surface area contributed by atoms with E-state index in [-0.39, 0.29) is 29.6 Å². The van der Waals surface area contributed by atoms with Crippen molar-refractivity contribution in [2.45, 2.75) is 24.8 Å². The van der Waals surface area contributed by atoms with Gasteiger partial charge in [-0.25, -0.2) is 22.0 Å². The van der Waals surface area contributed by atoms with Gasteiger partial charge in [-0.1, -0.05) is 24.3 Å². The predicted octanol–water partition coefficient (Wildman–Crippen LogP) is 5.24. The van der Waals surface area contributed by atoms with Crippen molar-refractivity contribution >= 4 is 17.0 Å². The van der Waals surface area contributed by atoms with Gasteiger partial charge in [0, 0.05) is 24.1 Å². The average molecular weight is 420 g/mol. The summed E-state index contributed by atoms with van der Waals surface area (Å²) in [6.45, 7) is 1.00. The van der Waals surface area contributed by atoms with Gasteiger partial charge in [-0.15, -0.1) is 17.0 Å². The molecule has 0 bridgehead atoms. The Morgan fingerprint density at radius 1 is 0.800 bits per heavy atom. The molecule has 0 radical (unpaired) electrons. The van der Waals surface area contributed by atoms with Gasteiger partial charge >= 0.3 is 0 Å². The summed E-state index contributed by atoms with van der Waals surface area (Å²) in [5.74, 6) is -10.2. The van der Waals surface area contributed by atoms with Gasteiger partial charge in [0.1, 0.15) is 0 Å². The molecular weight excluding hydrogens is 405 g/mol. The van der Waals surface area contributed by atoms with Gasteiger partial charge in [-0.3, -0.25) is 4.90 Å². The van der Waals surface area contributed by atoms with E-state index < -0.39 is 40.6 Å². The zero-order chi connectivity index (χ0) is 17.0. The van der Waals surface area contributed by atoms with Crippen LogP contribution in [0.5, 0.6) is 0 Å². The van der Waals surface area contributed by atoms with Crippen molar-refractivity contribution in [3.8, 4) is 0 Å². The van der Waals surface area contributed by atoms with Crippen LogP contribution in [0, 0.1) is 29.1 Å². The molecule has 0 amide bonds. The molecule has 134 valence electrons. The van der Waals surface area contributed by atoms with Crippen LogP contribution in [0.1, 0.15) is 41.5 Å². The number of fused-ring (bicyclic) bond motifs is 3. The van der Waals surface area contributed by atoms with Crippen LogP contribution < -0.4 is 0 Å². The molecule has 0 saturated carbocycles. The van der Waals surface area contributed by atoms with Crippen LogP contribution in [-0.2, 0) is 0 Å². The minimum Gasteiger partial charge on any atom is -0.295 e. The van der Waals surface area contributed by atoms with Crippen molar-refractivity contribution in [3.05, 3.63) is 70.0 Å². The Bertz CT molecular complexity index is 796. The Balaban J connectivity index is 0.00000182. The second-order valence-electron chi connectivity index (χ2n) is 6.32. The summed E-state index contributed by atoms with van der Waals surface area (Å²) in [5.41, 5.74) is 0.822. The molecular formula is C18H15BrF5N. The molecule has 4 rings (SSSR count). The fraction of sp³-hybridized carbons (Fsp3) is 0.333. The first kappa shape index (κ1) is 18.3. The molecule has 0 aromatic heterocycles. The van der Waals surface area contributed by atoms with Gasteiger partial charge in [0.05, 0.1) is 0 Å². The van der Waals surface area contributed by atoms with Crippen LogP contribution in [0.2, 0.25) is 0 Å². The van der Waals surface area contributed by atoms with Crippen molar-refractivity contribution in [3.63, 3.8) is 0 Å². The van der Waals surface area contributed by atoms with E-state index in [9.17, 15) is 22.0 Å². The van der Waals surface area contributed by atoms with E-state index in [0.29, 0.717) is 5.56 Å². The molecule has 1 saturated heterocycles. The minimum absolute atomic E-state index is 0. The van der Waals surface area contributed by atoms with Gasteiger partial charge in [0.2, 0.25) is 5.82 Å². The van der Waals surface area contributed by atoms with Crippen LogP contribution in [-0.4, -0.2) is 18.0 Å². The third kappa shape index (κ3) is 2.68. The van der Waals surface area contributed by atoms with Crippen LogP contribution in [0.25, 0.3) is 0 Å². The molecule has 2 aromatic carbocycles. The third-order valence-corrected chi connectivity index (χ3v) is 5.10. The SMILES string of the molecule is Br.Fc1c(F)c(F)c([C@@H]2CN3CCC[C@H]3c3ccccc32)c(F)c1F. The third-order valence-electron chi connectivity index (χ3n) is 5.10. The summed E-state index contributed by atoms with van der Waals surface area (Å²) in [4.78, 5) is 2.06. The van der Waals surface area contributed by atoms with E-state index in [2.05, 4.69) is 4.90 Å². The van der Waals surface area contributed by atoms with E-state index in [1.807, 2.05) is 12.1 Å². The molecule has 7 heteroatoms. The van der Waals surface area contributed by atoms with Crippen molar-refractivity contribution in [1.29, 1.82) is 0 Å². The number of benzene rings is 2. The smallest absolute Gasteiger partial charge is 0.200 e. The Hall–Kier alpha value is -1.47. The second kappa shape index (κ2) is 6.68. The lowest BCUT2D eigenvalue weighted by Crippen LogP contribution is -2.35. The fourth-order valence-electron chi connectivity index (χ4n) is 4.04. The highest BCUT2D eigenvalue weighted by Crippen LogP contribution is 2.45. The molecule has 2 heterocycles. The molecule has 2 aliphatic heterocycles. The summed E-state index contributed by atoms with van der Waals surface area (Å²) >= 11 is 0. The molecule has 2 atom stereocenters. The summed E-state index contributed by atoms with van der Waals surface area (Å²) < 4.78 is 69.2. The van der Waals surface area contributed by atoms with Crippen molar-refractivity contribution in [1.82, 2.24) is 4.90 Å². The lowest BCUT2D eigenvalue weighted by molar-refractivity contribution is 0.225.